The van der Waals surface area contributed by atoms with Gasteiger partial charge in [-0.25, -0.2) is 0 Å². The van der Waals surface area contributed by atoms with Crippen molar-refractivity contribution < 1.29 is 19.1 Å². The fourth-order valence-electron chi connectivity index (χ4n) is 3.54. The summed E-state index contributed by atoms with van der Waals surface area (Å²) in [7, 11) is 3.19. The van der Waals surface area contributed by atoms with Crippen LogP contribution in [0, 0.1) is 0 Å². The van der Waals surface area contributed by atoms with E-state index in [0.717, 1.165) is 16.9 Å². The summed E-state index contributed by atoms with van der Waals surface area (Å²) in [4.78, 5) is 27.8. The molecule has 1 heterocycles. The lowest BCUT2D eigenvalue weighted by Crippen LogP contribution is -2.41. The average Bonchev–Trinajstić information content (AvgIpc) is 2.80. The molecule has 0 N–H and O–H groups in total. The van der Waals surface area contributed by atoms with Gasteiger partial charge in [0.15, 0.2) is 0 Å². The quantitative estimate of drug-likeness (QED) is 0.471. The van der Waals surface area contributed by atoms with Crippen LogP contribution in [0.3, 0.4) is 0 Å². The van der Waals surface area contributed by atoms with Crippen LogP contribution in [-0.4, -0.2) is 30.9 Å². The zero-order valence-electron chi connectivity index (χ0n) is 16.8. The van der Waals surface area contributed by atoms with Crippen LogP contribution in [-0.2, 0) is 11.3 Å². The number of carbonyl (C=O) groups excluding carboxylic acids is 2. The fourth-order valence-corrected chi connectivity index (χ4v) is 3.54. The molecule has 5 nitrogen and oxygen atoms in total. The molecule has 1 aliphatic heterocycles. The molecule has 3 aromatic carbocycles. The van der Waals surface area contributed by atoms with Crippen molar-refractivity contribution in [3.63, 3.8) is 0 Å². The maximum absolute atomic E-state index is 13.4. The first-order chi connectivity index (χ1) is 14.6. The third kappa shape index (κ3) is 3.57. The van der Waals surface area contributed by atoms with Gasteiger partial charge < -0.3 is 9.47 Å². The van der Waals surface area contributed by atoms with Crippen LogP contribution >= 0.6 is 0 Å². The van der Waals surface area contributed by atoms with Crippen molar-refractivity contribution in [3.05, 3.63) is 95.1 Å². The predicted molar refractivity (Wildman–Crippen MR) is 115 cm³/mol. The van der Waals surface area contributed by atoms with Gasteiger partial charge in [-0.15, -0.1) is 0 Å². The van der Waals surface area contributed by atoms with Crippen LogP contribution in [0.5, 0.6) is 11.5 Å². The van der Waals surface area contributed by atoms with E-state index >= 15 is 0 Å². The molecular formula is C25H21NO4. The molecule has 0 bridgehead atoms. The second kappa shape index (κ2) is 8.25. The van der Waals surface area contributed by atoms with Crippen molar-refractivity contribution in [1.82, 2.24) is 4.90 Å². The number of nitrogens with zero attached hydrogens (tertiary/aromatic N) is 1. The molecule has 0 radical (unpaired) electrons. The number of hydrogen-bond donors (Lipinski definition) is 0. The molecule has 0 unspecified atom stereocenters. The summed E-state index contributed by atoms with van der Waals surface area (Å²) in [6.07, 6.45) is 1.79. The van der Waals surface area contributed by atoms with Crippen LogP contribution < -0.4 is 9.47 Å². The number of para-hydroxylation sites is 1. The number of benzene rings is 3. The standard InChI is InChI=1S/C25H21NO4/c1-29-19-13-11-17(12-14-19)16-26-24(27)21-9-5-4-8-20(21)22(25(26)28)15-18-7-3-6-10-23(18)30-2/h3-15H,16H2,1-2H3/b22-15+. The summed E-state index contributed by atoms with van der Waals surface area (Å²) in [5.74, 6) is 0.745. The maximum Gasteiger partial charge on any atom is 0.261 e. The van der Waals surface area contributed by atoms with Gasteiger partial charge >= 0.3 is 0 Å². The second-order valence-electron chi connectivity index (χ2n) is 6.89. The molecule has 0 saturated heterocycles. The van der Waals surface area contributed by atoms with Gasteiger partial charge in [0.1, 0.15) is 11.5 Å². The molecule has 0 aromatic heterocycles. The molecule has 0 aliphatic carbocycles. The van der Waals surface area contributed by atoms with Crippen molar-refractivity contribution >= 4 is 23.5 Å². The molecule has 0 spiro atoms. The van der Waals surface area contributed by atoms with Crippen molar-refractivity contribution in [2.45, 2.75) is 6.54 Å². The fraction of sp³-hybridized carbons (Fsp3) is 0.120. The highest BCUT2D eigenvalue weighted by molar-refractivity contribution is 6.33. The van der Waals surface area contributed by atoms with Gasteiger partial charge in [0.2, 0.25) is 0 Å². The zero-order valence-corrected chi connectivity index (χ0v) is 16.8. The van der Waals surface area contributed by atoms with Crippen LogP contribution in [0.4, 0.5) is 0 Å². The highest BCUT2D eigenvalue weighted by Crippen LogP contribution is 2.33. The SMILES string of the molecule is COc1ccc(CN2C(=O)/C(=C/c3ccccc3OC)c3ccccc3C2=O)cc1. The smallest absolute Gasteiger partial charge is 0.261 e. The van der Waals surface area contributed by atoms with Gasteiger partial charge in [-0.1, -0.05) is 48.5 Å². The van der Waals surface area contributed by atoms with Crippen LogP contribution in [0.25, 0.3) is 11.6 Å². The molecule has 0 atom stereocenters. The van der Waals surface area contributed by atoms with Crippen molar-refractivity contribution in [3.8, 4) is 11.5 Å². The number of hydrogen-bond acceptors (Lipinski definition) is 4. The summed E-state index contributed by atoms with van der Waals surface area (Å²) in [6.45, 7) is 0.180. The summed E-state index contributed by atoms with van der Waals surface area (Å²) in [6, 6.07) is 22.0. The van der Waals surface area contributed by atoms with E-state index in [9.17, 15) is 9.59 Å². The Morgan fingerprint density at radius 3 is 2.13 bits per heavy atom. The van der Waals surface area contributed by atoms with E-state index < -0.39 is 0 Å². The third-order valence-corrected chi connectivity index (χ3v) is 5.11. The number of methoxy groups -OCH3 is 2. The van der Waals surface area contributed by atoms with Crippen molar-refractivity contribution in [2.24, 2.45) is 0 Å². The van der Waals surface area contributed by atoms with Gasteiger partial charge in [-0.05, 0) is 41.5 Å². The Morgan fingerprint density at radius 2 is 1.43 bits per heavy atom. The van der Waals surface area contributed by atoms with Gasteiger partial charge in [0.25, 0.3) is 11.8 Å². The van der Waals surface area contributed by atoms with Gasteiger partial charge in [0.05, 0.1) is 20.8 Å². The van der Waals surface area contributed by atoms with Crippen LogP contribution in [0.1, 0.15) is 27.0 Å². The van der Waals surface area contributed by atoms with Gasteiger partial charge in [-0.3, -0.25) is 14.5 Å². The van der Waals surface area contributed by atoms with Crippen molar-refractivity contribution in [1.29, 1.82) is 0 Å². The van der Waals surface area contributed by atoms with Crippen LogP contribution in [0.2, 0.25) is 0 Å². The minimum atomic E-state index is -0.333. The first kappa shape index (κ1) is 19.5. The molecule has 3 aromatic rings. The van der Waals surface area contributed by atoms with Gasteiger partial charge in [0, 0.05) is 16.7 Å². The monoisotopic (exact) mass is 399 g/mol. The zero-order chi connectivity index (χ0) is 21.1. The Kier molecular flexibility index (Phi) is 5.35. The maximum atomic E-state index is 13.4. The number of fused-ring (bicyclic) bond motifs is 1. The molecule has 5 heteroatoms. The Balaban J connectivity index is 1.78. The molecule has 4 rings (SSSR count). The minimum absolute atomic E-state index is 0.180. The lowest BCUT2D eigenvalue weighted by molar-refractivity contribution is -0.123. The number of carbonyl (C=O) groups is 2. The Bertz CT molecular complexity index is 1130. The second-order valence-corrected chi connectivity index (χ2v) is 6.89. The van der Waals surface area contributed by atoms with E-state index in [4.69, 9.17) is 9.47 Å². The van der Waals surface area contributed by atoms with Crippen molar-refractivity contribution in [2.75, 3.05) is 14.2 Å². The minimum Gasteiger partial charge on any atom is -0.497 e. The molecule has 0 fully saturated rings. The largest absolute Gasteiger partial charge is 0.497 e. The van der Waals surface area contributed by atoms with E-state index in [2.05, 4.69) is 0 Å². The summed E-state index contributed by atoms with van der Waals surface area (Å²) < 4.78 is 10.6. The number of imide groups is 1. The summed E-state index contributed by atoms with van der Waals surface area (Å²) in [5.41, 5.74) is 3.21. The Morgan fingerprint density at radius 1 is 0.767 bits per heavy atom. The van der Waals surface area contributed by atoms with E-state index in [0.29, 0.717) is 22.4 Å². The number of rotatable bonds is 5. The Hall–Kier alpha value is -3.86. The molecule has 30 heavy (non-hydrogen) atoms. The van der Waals surface area contributed by atoms with Gasteiger partial charge in [-0.2, -0.15) is 0 Å². The molecule has 1 aliphatic rings. The molecule has 2 amide bonds. The lowest BCUT2D eigenvalue weighted by atomic mass is 9.91. The first-order valence-electron chi connectivity index (χ1n) is 9.55. The highest BCUT2D eigenvalue weighted by atomic mass is 16.5. The number of ether oxygens (including phenoxy) is 2. The van der Waals surface area contributed by atoms with E-state index in [1.165, 1.54) is 4.90 Å². The first-order valence-corrected chi connectivity index (χ1v) is 9.55. The average molecular weight is 399 g/mol. The van der Waals surface area contributed by atoms with Crippen LogP contribution in [0.15, 0.2) is 72.8 Å². The molecular weight excluding hydrogens is 378 g/mol. The lowest BCUT2D eigenvalue weighted by Gasteiger charge is -2.29. The highest BCUT2D eigenvalue weighted by Gasteiger charge is 2.34. The summed E-state index contributed by atoms with van der Waals surface area (Å²) in [5, 5.41) is 0. The van der Waals surface area contributed by atoms with E-state index in [-0.39, 0.29) is 18.4 Å². The summed E-state index contributed by atoms with van der Waals surface area (Å²) >= 11 is 0. The van der Waals surface area contributed by atoms with E-state index in [1.54, 1.807) is 38.5 Å². The topological polar surface area (TPSA) is 55.8 Å². The third-order valence-electron chi connectivity index (χ3n) is 5.11. The van der Waals surface area contributed by atoms with E-state index in [1.807, 2.05) is 54.6 Å². The molecule has 0 saturated carbocycles. The Labute approximate surface area is 175 Å². The molecule has 150 valence electrons. The normalized spacial score (nSPS) is 14.6. The number of amides is 2. The predicted octanol–water partition coefficient (Wildman–Crippen LogP) is 4.43.